The molecule has 3 nitrogen and oxygen atoms in total. The van der Waals surface area contributed by atoms with E-state index in [2.05, 4.69) is 5.32 Å². The van der Waals surface area contributed by atoms with Gasteiger partial charge in [-0.2, -0.15) is 0 Å². The Bertz CT molecular complexity index is 437. The number of nitrogens with zero attached hydrogens (tertiary/aromatic N) is 1. The largest absolute Gasteiger partial charge is 0.333 e. The number of rotatable bonds is 1. The monoisotopic (exact) mass is 240 g/mol. The molecule has 1 amide bonds. The molecule has 1 N–H and O–H groups in total. The number of amides is 1. The molecule has 1 aromatic rings. The van der Waals surface area contributed by atoms with E-state index < -0.39 is 11.6 Å². The molecule has 0 bridgehead atoms. The molecule has 0 aromatic heterocycles. The van der Waals surface area contributed by atoms with E-state index in [0.717, 1.165) is 6.07 Å². The van der Waals surface area contributed by atoms with Gasteiger partial charge in [0.2, 0.25) is 5.91 Å². The van der Waals surface area contributed by atoms with Crippen LogP contribution in [-0.4, -0.2) is 30.4 Å². The number of benzene rings is 1. The highest BCUT2D eigenvalue weighted by atomic mass is 19.1. The molecular formula is C12H14F2N2O. The van der Waals surface area contributed by atoms with E-state index in [1.165, 1.54) is 19.1 Å². The quantitative estimate of drug-likeness (QED) is 0.806. The topological polar surface area (TPSA) is 32.3 Å². The Balaban J connectivity index is 2.32. The number of halogens is 2. The normalized spacial score (nSPS) is 20.4. The highest BCUT2D eigenvalue weighted by Gasteiger charge is 2.27. The van der Waals surface area contributed by atoms with E-state index in [1.54, 1.807) is 4.90 Å². The summed E-state index contributed by atoms with van der Waals surface area (Å²) in [7, 11) is 0. The van der Waals surface area contributed by atoms with Crippen LogP contribution in [0, 0.1) is 11.6 Å². The molecule has 92 valence electrons. The van der Waals surface area contributed by atoms with Crippen molar-refractivity contribution in [2.45, 2.75) is 13.0 Å². The lowest BCUT2D eigenvalue weighted by Crippen LogP contribution is -2.48. The molecular weight excluding hydrogens is 226 g/mol. The SMILES string of the molecule is CC(=O)N1CCNCC1c1ccc(F)cc1F. The van der Waals surface area contributed by atoms with Crippen molar-refractivity contribution < 1.29 is 13.6 Å². The molecule has 1 aromatic carbocycles. The van der Waals surface area contributed by atoms with E-state index in [0.29, 0.717) is 25.2 Å². The van der Waals surface area contributed by atoms with Crippen LogP contribution in [0.2, 0.25) is 0 Å². The number of carbonyl (C=O) groups is 1. The molecule has 1 atom stereocenters. The van der Waals surface area contributed by atoms with Gasteiger partial charge in [-0.1, -0.05) is 6.07 Å². The Morgan fingerprint density at radius 3 is 2.88 bits per heavy atom. The Morgan fingerprint density at radius 1 is 1.47 bits per heavy atom. The average molecular weight is 240 g/mol. The van der Waals surface area contributed by atoms with Gasteiger partial charge in [0.05, 0.1) is 6.04 Å². The first-order valence-corrected chi connectivity index (χ1v) is 5.52. The third kappa shape index (κ3) is 2.44. The third-order valence-electron chi connectivity index (χ3n) is 2.97. The molecule has 0 aliphatic carbocycles. The maximum atomic E-state index is 13.7. The summed E-state index contributed by atoms with van der Waals surface area (Å²) in [6.07, 6.45) is 0. The molecule has 1 heterocycles. The third-order valence-corrected chi connectivity index (χ3v) is 2.97. The summed E-state index contributed by atoms with van der Waals surface area (Å²) in [5, 5.41) is 3.11. The van der Waals surface area contributed by atoms with Crippen LogP contribution >= 0.6 is 0 Å². The summed E-state index contributed by atoms with van der Waals surface area (Å²) in [4.78, 5) is 13.1. The predicted octanol–water partition coefficient (Wildman–Crippen LogP) is 1.46. The van der Waals surface area contributed by atoms with Crippen molar-refractivity contribution in [3.63, 3.8) is 0 Å². The maximum absolute atomic E-state index is 13.7. The van der Waals surface area contributed by atoms with E-state index in [1.807, 2.05) is 0 Å². The lowest BCUT2D eigenvalue weighted by Gasteiger charge is -2.36. The number of hydrogen-bond donors (Lipinski definition) is 1. The highest BCUT2D eigenvalue weighted by molar-refractivity contribution is 5.74. The van der Waals surface area contributed by atoms with Crippen LogP contribution in [0.4, 0.5) is 8.78 Å². The zero-order valence-corrected chi connectivity index (χ0v) is 9.54. The van der Waals surface area contributed by atoms with Crippen molar-refractivity contribution in [3.05, 3.63) is 35.4 Å². The number of nitrogens with one attached hydrogen (secondary N) is 1. The second-order valence-electron chi connectivity index (χ2n) is 4.10. The van der Waals surface area contributed by atoms with Gasteiger partial charge >= 0.3 is 0 Å². The van der Waals surface area contributed by atoms with E-state index in [9.17, 15) is 13.6 Å². The van der Waals surface area contributed by atoms with Gasteiger partial charge in [0.15, 0.2) is 0 Å². The lowest BCUT2D eigenvalue weighted by atomic mass is 10.0. The van der Waals surface area contributed by atoms with Gasteiger partial charge in [-0.05, 0) is 6.07 Å². The van der Waals surface area contributed by atoms with Gasteiger partial charge in [-0.3, -0.25) is 4.79 Å². The zero-order chi connectivity index (χ0) is 12.4. The Hall–Kier alpha value is -1.49. The fraction of sp³-hybridized carbons (Fsp3) is 0.417. The van der Waals surface area contributed by atoms with Gasteiger partial charge in [0.25, 0.3) is 0 Å². The van der Waals surface area contributed by atoms with E-state index in [-0.39, 0.29) is 11.9 Å². The molecule has 0 saturated carbocycles. The fourth-order valence-corrected chi connectivity index (χ4v) is 2.13. The molecule has 1 saturated heterocycles. The van der Waals surface area contributed by atoms with Crippen LogP contribution in [0.3, 0.4) is 0 Å². The Labute approximate surface area is 98.4 Å². The molecule has 17 heavy (non-hydrogen) atoms. The van der Waals surface area contributed by atoms with Gasteiger partial charge < -0.3 is 10.2 Å². The standard InChI is InChI=1S/C12H14F2N2O/c1-8(17)16-5-4-15-7-12(16)10-3-2-9(13)6-11(10)14/h2-3,6,12,15H,4-5,7H2,1H3. The minimum Gasteiger partial charge on any atom is -0.333 e. The first kappa shape index (κ1) is 12.0. The first-order chi connectivity index (χ1) is 8.09. The summed E-state index contributed by atoms with van der Waals surface area (Å²) in [5.41, 5.74) is 0.355. The van der Waals surface area contributed by atoms with E-state index in [4.69, 9.17) is 0 Å². The molecule has 1 aliphatic heterocycles. The fourth-order valence-electron chi connectivity index (χ4n) is 2.13. The summed E-state index contributed by atoms with van der Waals surface area (Å²) in [6, 6.07) is 3.10. The highest BCUT2D eigenvalue weighted by Crippen LogP contribution is 2.25. The second-order valence-corrected chi connectivity index (χ2v) is 4.10. The van der Waals surface area contributed by atoms with Crippen LogP contribution in [0.25, 0.3) is 0 Å². The maximum Gasteiger partial charge on any atom is 0.220 e. The molecule has 1 fully saturated rings. The summed E-state index contributed by atoms with van der Waals surface area (Å²) in [6.45, 7) is 3.18. The van der Waals surface area contributed by atoms with Crippen molar-refractivity contribution in [1.29, 1.82) is 0 Å². The predicted molar refractivity (Wildman–Crippen MR) is 59.4 cm³/mol. The summed E-state index contributed by atoms with van der Waals surface area (Å²) < 4.78 is 26.5. The van der Waals surface area contributed by atoms with Crippen molar-refractivity contribution in [2.75, 3.05) is 19.6 Å². The van der Waals surface area contributed by atoms with Gasteiger partial charge in [0.1, 0.15) is 11.6 Å². The van der Waals surface area contributed by atoms with Crippen molar-refractivity contribution in [3.8, 4) is 0 Å². The van der Waals surface area contributed by atoms with Crippen LogP contribution in [0.1, 0.15) is 18.5 Å². The first-order valence-electron chi connectivity index (χ1n) is 5.52. The zero-order valence-electron chi connectivity index (χ0n) is 9.54. The molecule has 1 unspecified atom stereocenters. The number of piperazine rings is 1. The van der Waals surface area contributed by atoms with Gasteiger partial charge in [-0.15, -0.1) is 0 Å². The van der Waals surface area contributed by atoms with Crippen LogP contribution in [0.5, 0.6) is 0 Å². The number of hydrogen-bond acceptors (Lipinski definition) is 2. The summed E-state index contributed by atoms with van der Waals surface area (Å²) in [5.74, 6) is -1.31. The van der Waals surface area contributed by atoms with Gasteiger partial charge in [0, 0.05) is 38.2 Å². The smallest absolute Gasteiger partial charge is 0.220 e. The van der Waals surface area contributed by atoms with Crippen molar-refractivity contribution in [1.82, 2.24) is 10.2 Å². The summed E-state index contributed by atoms with van der Waals surface area (Å²) >= 11 is 0. The molecule has 0 radical (unpaired) electrons. The van der Waals surface area contributed by atoms with Crippen LogP contribution in [0.15, 0.2) is 18.2 Å². The van der Waals surface area contributed by atoms with Crippen LogP contribution < -0.4 is 5.32 Å². The van der Waals surface area contributed by atoms with Crippen molar-refractivity contribution in [2.24, 2.45) is 0 Å². The molecule has 5 heteroatoms. The average Bonchev–Trinajstić information content (AvgIpc) is 2.29. The minimum absolute atomic E-state index is 0.0970. The molecule has 0 spiro atoms. The Kier molecular flexibility index (Phi) is 3.38. The van der Waals surface area contributed by atoms with Crippen molar-refractivity contribution >= 4 is 5.91 Å². The minimum atomic E-state index is -0.607. The van der Waals surface area contributed by atoms with E-state index >= 15 is 0 Å². The van der Waals surface area contributed by atoms with Gasteiger partial charge in [-0.25, -0.2) is 8.78 Å². The second kappa shape index (κ2) is 4.79. The van der Waals surface area contributed by atoms with Crippen LogP contribution in [-0.2, 0) is 4.79 Å². The Morgan fingerprint density at radius 2 is 2.24 bits per heavy atom. The molecule has 1 aliphatic rings. The molecule has 2 rings (SSSR count). The number of carbonyl (C=O) groups excluding carboxylic acids is 1. The lowest BCUT2D eigenvalue weighted by molar-refractivity contribution is -0.132.